The SMILES string of the molecule is COc1cc(O)cc(-c2cc(Br)c(OCc3ccccc3)c3c2CCC3)c1. The number of fused-ring (bicyclic) bond motifs is 1. The summed E-state index contributed by atoms with van der Waals surface area (Å²) in [4.78, 5) is 0. The van der Waals surface area contributed by atoms with Gasteiger partial charge in [0.1, 0.15) is 23.9 Å². The molecule has 3 nitrogen and oxygen atoms in total. The summed E-state index contributed by atoms with van der Waals surface area (Å²) in [5, 5.41) is 10.1. The van der Waals surface area contributed by atoms with Gasteiger partial charge in [0.2, 0.25) is 0 Å². The van der Waals surface area contributed by atoms with E-state index in [9.17, 15) is 5.11 Å². The first-order valence-corrected chi connectivity index (χ1v) is 9.84. The van der Waals surface area contributed by atoms with Crippen molar-refractivity contribution in [3.05, 3.63) is 75.8 Å². The van der Waals surface area contributed by atoms with Crippen LogP contribution < -0.4 is 9.47 Å². The highest BCUT2D eigenvalue weighted by Crippen LogP contribution is 2.44. The summed E-state index contributed by atoms with van der Waals surface area (Å²) in [6, 6.07) is 17.7. The van der Waals surface area contributed by atoms with Crippen molar-refractivity contribution in [1.82, 2.24) is 0 Å². The van der Waals surface area contributed by atoms with Crippen LogP contribution in [0.4, 0.5) is 0 Å². The lowest BCUT2D eigenvalue weighted by Crippen LogP contribution is -2.01. The van der Waals surface area contributed by atoms with Crippen LogP contribution in [0.1, 0.15) is 23.1 Å². The average Bonchev–Trinajstić information content (AvgIpc) is 3.16. The summed E-state index contributed by atoms with van der Waals surface area (Å²) >= 11 is 3.71. The molecule has 1 aliphatic rings. The van der Waals surface area contributed by atoms with Crippen molar-refractivity contribution in [3.8, 4) is 28.4 Å². The third-order valence-corrected chi connectivity index (χ3v) is 5.56. The molecule has 0 heterocycles. The van der Waals surface area contributed by atoms with Crippen LogP contribution in [0.25, 0.3) is 11.1 Å². The second-order valence-electron chi connectivity index (χ2n) is 6.74. The molecule has 138 valence electrons. The molecule has 0 radical (unpaired) electrons. The topological polar surface area (TPSA) is 38.7 Å². The van der Waals surface area contributed by atoms with Gasteiger partial charge < -0.3 is 14.6 Å². The fraction of sp³-hybridized carbons (Fsp3) is 0.217. The van der Waals surface area contributed by atoms with E-state index >= 15 is 0 Å². The molecule has 0 amide bonds. The molecule has 0 unspecified atom stereocenters. The zero-order valence-electron chi connectivity index (χ0n) is 15.2. The minimum Gasteiger partial charge on any atom is -0.508 e. The zero-order valence-corrected chi connectivity index (χ0v) is 16.8. The molecular weight excluding hydrogens is 404 g/mol. The summed E-state index contributed by atoms with van der Waals surface area (Å²) in [5.74, 6) is 1.79. The number of hydrogen-bond acceptors (Lipinski definition) is 3. The number of phenols is 1. The predicted octanol–water partition coefficient (Wildman–Crippen LogP) is 5.90. The summed E-state index contributed by atoms with van der Waals surface area (Å²) in [5.41, 5.74) is 5.79. The standard InChI is InChI=1S/C23H21BrO3/c1-26-18-11-16(10-17(25)12-18)21-13-22(24)23(20-9-5-8-19(20)21)27-14-15-6-3-2-4-7-15/h2-4,6-7,10-13,25H,5,8-9,14H2,1H3. The molecule has 0 aromatic heterocycles. The van der Waals surface area contributed by atoms with E-state index in [4.69, 9.17) is 9.47 Å². The number of methoxy groups -OCH3 is 1. The Kier molecular flexibility index (Phi) is 5.08. The van der Waals surface area contributed by atoms with E-state index in [2.05, 4.69) is 34.1 Å². The lowest BCUT2D eigenvalue weighted by atomic mass is 9.96. The van der Waals surface area contributed by atoms with Crippen molar-refractivity contribution in [1.29, 1.82) is 0 Å². The largest absolute Gasteiger partial charge is 0.508 e. The van der Waals surface area contributed by atoms with Crippen molar-refractivity contribution in [3.63, 3.8) is 0 Å². The minimum atomic E-state index is 0.205. The van der Waals surface area contributed by atoms with Crippen molar-refractivity contribution < 1.29 is 14.6 Å². The predicted molar refractivity (Wildman–Crippen MR) is 111 cm³/mol. The Morgan fingerprint density at radius 3 is 2.56 bits per heavy atom. The minimum absolute atomic E-state index is 0.205. The molecule has 0 atom stereocenters. The third kappa shape index (κ3) is 3.67. The van der Waals surface area contributed by atoms with Crippen LogP contribution in [0, 0.1) is 0 Å². The van der Waals surface area contributed by atoms with Gasteiger partial charge in [-0.1, -0.05) is 30.3 Å². The lowest BCUT2D eigenvalue weighted by molar-refractivity contribution is 0.301. The fourth-order valence-corrected chi connectivity index (χ4v) is 4.30. The highest BCUT2D eigenvalue weighted by molar-refractivity contribution is 9.10. The maximum Gasteiger partial charge on any atom is 0.137 e. The van der Waals surface area contributed by atoms with Crippen molar-refractivity contribution in [2.24, 2.45) is 0 Å². The zero-order chi connectivity index (χ0) is 18.8. The normalized spacial score (nSPS) is 12.7. The maximum absolute atomic E-state index is 10.1. The van der Waals surface area contributed by atoms with E-state index in [1.807, 2.05) is 24.3 Å². The van der Waals surface area contributed by atoms with Crippen LogP contribution in [-0.2, 0) is 19.4 Å². The number of rotatable bonds is 5. The molecule has 4 heteroatoms. The molecule has 0 fully saturated rings. The molecule has 0 bridgehead atoms. The molecule has 1 aliphatic carbocycles. The van der Waals surface area contributed by atoms with Crippen LogP contribution >= 0.6 is 15.9 Å². The first-order chi connectivity index (χ1) is 13.2. The summed E-state index contributed by atoms with van der Waals surface area (Å²) in [6.07, 6.45) is 3.12. The Morgan fingerprint density at radius 1 is 1.00 bits per heavy atom. The summed E-state index contributed by atoms with van der Waals surface area (Å²) < 4.78 is 12.5. The molecule has 0 saturated heterocycles. The van der Waals surface area contributed by atoms with Crippen molar-refractivity contribution >= 4 is 15.9 Å². The van der Waals surface area contributed by atoms with Gasteiger partial charge in [-0.3, -0.25) is 0 Å². The molecule has 27 heavy (non-hydrogen) atoms. The number of aromatic hydroxyl groups is 1. The summed E-state index contributed by atoms with van der Waals surface area (Å²) in [7, 11) is 1.61. The number of hydrogen-bond donors (Lipinski definition) is 1. The molecule has 0 aliphatic heterocycles. The number of ether oxygens (including phenoxy) is 2. The van der Waals surface area contributed by atoms with Crippen molar-refractivity contribution in [2.45, 2.75) is 25.9 Å². The van der Waals surface area contributed by atoms with Crippen molar-refractivity contribution in [2.75, 3.05) is 7.11 Å². The maximum atomic E-state index is 10.1. The van der Waals surface area contributed by atoms with E-state index < -0.39 is 0 Å². The van der Waals surface area contributed by atoms with Gasteiger partial charge in [0.25, 0.3) is 0 Å². The van der Waals surface area contributed by atoms with Gasteiger partial charge in [-0.05, 0) is 81.2 Å². The highest BCUT2D eigenvalue weighted by Gasteiger charge is 2.23. The van der Waals surface area contributed by atoms with Gasteiger partial charge in [0.05, 0.1) is 11.6 Å². The van der Waals surface area contributed by atoms with Gasteiger partial charge in [-0.25, -0.2) is 0 Å². The van der Waals surface area contributed by atoms with Crippen LogP contribution in [0.15, 0.2) is 59.1 Å². The number of phenolic OH excluding ortho intramolecular Hbond substituents is 1. The van der Waals surface area contributed by atoms with Gasteiger partial charge >= 0.3 is 0 Å². The number of halogens is 1. The van der Waals surface area contributed by atoms with E-state index in [1.165, 1.54) is 11.1 Å². The third-order valence-electron chi connectivity index (χ3n) is 4.97. The van der Waals surface area contributed by atoms with Crippen LogP contribution in [-0.4, -0.2) is 12.2 Å². The van der Waals surface area contributed by atoms with E-state index in [0.717, 1.165) is 46.2 Å². The fourth-order valence-electron chi connectivity index (χ4n) is 3.72. The van der Waals surface area contributed by atoms with Gasteiger partial charge in [0, 0.05) is 6.07 Å². The van der Waals surface area contributed by atoms with E-state index in [0.29, 0.717) is 12.4 Å². The first kappa shape index (κ1) is 17.9. The molecule has 3 aromatic rings. The highest BCUT2D eigenvalue weighted by atomic mass is 79.9. The monoisotopic (exact) mass is 424 g/mol. The molecule has 1 N–H and O–H groups in total. The Morgan fingerprint density at radius 2 is 1.78 bits per heavy atom. The van der Waals surface area contributed by atoms with Gasteiger partial charge in [-0.2, -0.15) is 0 Å². The van der Waals surface area contributed by atoms with Crippen LogP contribution in [0.3, 0.4) is 0 Å². The Bertz CT molecular complexity index is 967. The Labute approximate surface area is 167 Å². The number of benzene rings is 3. The molecule has 0 spiro atoms. The molecular formula is C23H21BrO3. The lowest BCUT2D eigenvalue weighted by Gasteiger charge is -2.17. The van der Waals surface area contributed by atoms with Gasteiger partial charge in [-0.15, -0.1) is 0 Å². The molecule has 0 saturated carbocycles. The van der Waals surface area contributed by atoms with Gasteiger partial charge in [0.15, 0.2) is 0 Å². The second-order valence-corrected chi connectivity index (χ2v) is 7.59. The Hall–Kier alpha value is -2.46. The van der Waals surface area contributed by atoms with Crippen LogP contribution in [0.5, 0.6) is 17.2 Å². The quantitative estimate of drug-likeness (QED) is 0.554. The first-order valence-electron chi connectivity index (χ1n) is 9.05. The van der Waals surface area contributed by atoms with E-state index in [-0.39, 0.29) is 5.75 Å². The molecule has 3 aromatic carbocycles. The Balaban J connectivity index is 1.73. The molecule has 4 rings (SSSR count). The summed E-state index contributed by atoms with van der Waals surface area (Å²) in [6.45, 7) is 0.547. The smallest absolute Gasteiger partial charge is 0.137 e. The van der Waals surface area contributed by atoms with E-state index in [1.54, 1.807) is 19.2 Å². The van der Waals surface area contributed by atoms with Crippen LogP contribution in [0.2, 0.25) is 0 Å². The second kappa shape index (κ2) is 7.65. The average molecular weight is 425 g/mol.